The number of para-hydroxylation sites is 1. The molecule has 1 N–H and O–H groups in total. The summed E-state index contributed by atoms with van der Waals surface area (Å²) in [7, 11) is 0. The molecule has 5 nitrogen and oxygen atoms in total. The standard InChI is InChI=1S/C17H16N2O3S/c1-3-13(16-18-10(2)9-23-16)19-15(20)12-8-11-6-4-5-7-14(11)22-17(12)21/h4-9,13H,3H2,1-2H3,(H,19,20)/t13-/m0/s1. The lowest BCUT2D eigenvalue weighted by molar-refractivity contribution is 0.0932. The number of fused-ring (bicyclic) bond motifs is 1. The third kappa shape index (κ3) is 3.17. The Balaban J connectivity index is 1.90. The molecule has 0 fully saturated rings. The third-order valence-electron chi connectivity index (χ3n) is 3.53. The van der Waals surface area contributed by atoms with E-state index in [0.717, 1.165) is 16.1 Å². The van der Waals surface area contributed by atoms with Gasteiger partial charge in [0.1, 0.15) is 16.2 Å². The van der Waals surface area contributed by atoms with Gasteiger partial charge in [-0.25, -0.2) is 9.78 Å². The third-order valence-corrected chi connectivity index (χ3v) is 4.61. The lowest BCUT2D eigenvalue weighted by atomic mass is 10.1. The van der Waals surface area contributed by atoms with Gasteiger partial charge in [0, 0.05) is 16.5 Å². The fourth-order valence-corrected chi connectivity index (χ4v) is 3.26. The summed E-state index contributed by atoms with van der Waals surface area (Å²) < 4.78 is 5.21. The minimum atomic E-state index is -0.633. The zero-order valence-corrected chi connectivity index (χ0v) is 13.6. The van der Waals surface area contributed by atoms with Gasteiger partial charge < -0.3 is 9.73 Å². The molecule has 0 aliphatic rings. The summed E-state index contributed by atoms with van der Waals surface area (Å²) in [4.78, 5) is 28.9. The lowest BCUT2D eigenvalue weighted by Crippen LogP contribution is -2.31. The van der Waals surface area contributed by atoms with Crippen LogP contribution in [0, 0.1) is 6.92 Å². The van der Waals surface area contributed by atoms with Crippen molar-refractivity contribution in [3.8, 4) is 0 Å². The predicted molar refractivity (Wildman–Crippen MR) is 89.8 cm³/mol. The highest BCUT2D eigenvalue weighted by atomic mass is 32.1. The van der Waals surface area contributed by atoms with Crippen LogP contribution in [0.2, 0.25) is 0 Å². The fraction of sp³-hybridized carbons (Fsp3) is 0.235. The van der Waals surface area contributed by atoms with Crippen molar-refractivity contribution in [1.82, 2.24) is 10.3 Å². The highest BCUT2D eigenvalue weighted by molar-refractivity contribution is 7.09. The normalized spacial score (nSPS) is 12.3. The first kappa shape index (κ1) is 15.4. The molecule has 3 rings (SSSR count). The molecule has 0 unspecified atom stereocenters. The second-order valence-electron chi connectivity index (χ2n) is 5.25. The highest BCUT2D eigenvalue weighted by Gasteiger charge is 2.20. The topological polar surface area (TPSA) is 72.2 Å². The number of thiazole rings is 1. The van der Waals surface area contributed by atoms with Gasteiger partial charge in [-0.1, -0.05) is 25.1 Å². The number of carbonyl (C=O) groups is 1. The Hall–Kier alpha value is -2.47. The smallest absolute Gasteiger partial charge is 0.349 e. The molecule has 0 saturated carbocycles. The van der Waals surface area contributed by atoms with Crippen LogP contribution in [-0.4, -0.2) is 10.9 Å². The number of aromatic nitrogens is 1. The maximum atomic E-state index is 12.5. The predicted octanol–water partition coefficient (Wildman–Crippen LogP) is 3.44. The number of rotatable bonds is 4. The summed E-state index contributed by atoms with van der Waals surface area (Å²) in [6, 6.07) is 8.46. The minimum absolute atomic E-state index is 0.00966. The Bertz CT molecular complexity index is 913. The zero-order chi connectivity index (χ0) is 16.4. The summed E-state index contributed by atoms with van der Waals surface area (Å²) >= 11 is 1.50. The lowest BCUT2D eigenvalue weighted by Gasteiger charge is -2.14. The molecule has 0 radical (unpaired) electrons. The largest absolute Gasteiger partial charge is 0.422 e. The number of aryl methyl sites for hydroxylation is 1. The van der Waals surface area contributed by atoms with Crippen molar-refractivity contribution in [2.24, 2.45) is 0 Å². The van der Waals surface area contributed by atoms with Crippen LogP contribution in [-0.2, 0) is 0 Å². The number of nitrogens with zero attached hydrogens (tertiary/aromatic N) is 1. The average molecular weight is 328 g/mol. The van der Waals surface area contributed by atoms with E-state index in [1.807, 2.05) is 25.3 Å². The van der Waals surface area contributed by atoms with E-state index in [2.05, 4.69) is 10.3 Å². The van der Waals surface area contributed by atoms with E-state index in [4.69, 9.17) is 4.42 Å². The first-order valence-electron chi connectivity index (χ1n) is 7.34. The number of carbonyl (C=O) groups excluding carboxylic acids is 1. The Kier molecular flexibility index (Phi) is 4.25. The molecule has 0 bridgehead atoms. The average Bonchev–Trinajstić information content (AvgIpc) is 2.98. The van der Waals surface area contributed by atoms with Crippen LogP contribution < -0.4 is 10.9 Å². The van der Waals surface area contributed by atoms with Gasteiger partial charge in [-0.15, -0.1) is 11.3 Å². The molecule has 1 atom stereocenters. The van der Waals surface area contributed by atoms with E-state index in [0.29, 0.717) is 12.0 Å². The number of benzene rings is 1. The van der Waals surface area contributed by atoms with Crippen LogP contribution in [0.1, 0.15) is 40.4 Å². The summed E-state index contributed by atoms with van der Waals surface area (Å²) in [5.41, 5.74) is 0.765. The molecule has 0 saturated heterocycles. The van der Waals surface area contributed by atoms with Gasteiger partial charge in [-0.3, -0.25) is 4.79 Å². The zero-order valence-electron chi connectivity index (χ0n) is 12.8. The van der Waals surface area contributed by atoms with Crippen LogP contribution >= 0.6 is 11.3 Å². The quantitative estimate of drug-likeness (QED) is 0.745. The van der Waals surface area contributed by atoms with Crippen LogP contribution in [0.15, 0.2) is 44.9 Å². The van der Waals surface area contributed by atoms with Gasteiger partial charge in [0.2, 0.25) is 0 Å². The van der Waals surface area contributed by atoms with E-state index in [-0.39, 0.29) is 11.6 Å². The van der Waals surface area contributed by atoms with E-state index in [1.54, 1.807) is 24.3 Å². The summed E-state index contributed by atoms with van der Waals surface area (Å²) in [6.45, 7) is 3.87. The van der Waals surface area contributed by atoms with Gasteiger partial charge in [0.25, 0.3) is 5.91 Å². The molecule has 0 spiro atoms. The molecule has 118 valence electrons. The monoisotopic (exact) mass is 328 g/mol. The van der Waals surface area contributed by atoms with Crippen molar-refractivity contribution in [3.63, 3.8) is 0 Å². The molecule has 23 heavy (non-hydrogen) atoms. The maximum Gasteiger partial charge on any atom is 0.349 e. The summed E-state index contributed by atoms with van der Waals surface area (Å²) in [5, 5.41) is 6.36. The highest BCUT2D eigenvalue weighted by Crippen LogP contribution is 2.21. The van der Waals surface area contributed by atoms with Crippen LogP contribution in [0.5, 0.6) is 0 Å². The fourth-order valence-electron chi connectivity index (χ4n) is 2.33. The van der Waals surface area contributed by atoms with E-state index in [9.17, 15) is 9.59 Å². The Morgan fingerprint density at radius 1 is 1.39 bits per heavy atom. The first-order valence-corrected chi connectivity index (χ1v) is 8.22. The van der Waals surface area contributed by atoms with Gasteiger partial charge in [0.05, 0.1) is 6.04 Å². The number of hydrogen-bond acceptors (Lipinski definition) is 5. The van der Waals surface area contributed by atoms with Gasteiger partial charge in [0.15, 0.2) is 0 Å². The molecule has 6 heteroatoms. The molecule has 1 amide bonds. The van der Waals surface area contributed by atoms with E-state index in [1.165, 1.54) is 11.3 Å². The Labute approximate surface area is 137 Å². The molecule has 2 heterocycles. The van der Waals surface area contributed by atoms with Crippen molar-refractivity contribution < 1.29 is 9.21 Å². The van der Waals surface area contributed by atoms with Crippen molar-refractivity contribution in [1.29, 1.82) is 0 Å². The Morgan fingerprint density at radius 3 is 2.87 bits per heavy atom. The molecular weight excluding hydrogens is 312 g/mol. The number of nitrogens with one attached hydrogen (secondary N) is 1. The maximum absolute atomic E-state index is 12.5. The van der Waals surface area contributed by atoms with Gasteiger partial charge >= 0.3 is 5.63 Å². The second kappa shape index (κ2) is 6.34. The van der Waals surface area contributed by atoms with Crippen molar-refractivity contribution in [3.05, 3.63) is 62.4 Å². The molecule has 0 aliphatic carbocycles. The molecule has 2 aromatic heterocycles. The van der Waals surface area contributed by atoms with Crippen molar-refractivity contribution in [2.75, 3.05) is 0 Å². The van der Waals surface area contributed by atoms with Crippen LogP contribution in [0.25, 0.3) is 11.0 Å². The van der Waals surface area contributed by atoms with E-state index >= 15 is 0 Å². The molecule has 0 aliphatic heterocycles. The molecule has 3 aromatic rings. The molecular formula is C17H16N2O3S. The van der Waals surface area contributed by atoms with Crippen molar-refractivity contribution >= 4 is 28.2 Å². The second-order valence-corrected chi connectivity index (χ2v) is 6.14. The number of amides is 1. The summed E-state index contributed by atoms with van der Waals surface area (Å²) in [5.74, 6) is -0.441. The van der Waals surface area contributed by atoms with Crippen LogP contribution in [0.4, 0.5) is 0 Å². The van der Waals surface area contributed by atoms with E-state index < -0.39 is 11.5 Å². The summed E-state index contributed by atoms with van der Waals surface area (Å²) in [6.07, 6.45) is 0.692. The van der Waals surface area contributed by atoms with Gasteiger partial charge in [-0.05, 0) is 25.5 Å². The van der Waals surface area contributed by atoms with Gasteiger partial charge in [-0.2, -0.15) is 0 Å². The number of hydrogen-bond donors (Lipinski definition) is 1. The van der Waals surface area contributed by atoms with Crippen LogP contribution in [0.3, 0.4) is 0 Å². The first-order chi connectivity index (χ1) is 11.1. The minimum Gasteiger partial charge on any atom is -0.422 e. The van der Waals surface area contributed by atoms with Crippen molar-refractivity contribution in [2.45, 2.75) is 26.3 Å². The Morgan fingerprint density at radius 2 is 2.17 bits per heavy atom. The molecule has 1 aromatic carbocycles. The SMILES string of the molecule is CC[C@H](NC(=O)c1cc2ccccc2oc1=O)c1nc(C)cs1.